The highest BCUT2D eigenvalue weighted by Crippen LogP contribution is 2.28. The molecule has 7 nitrogen and oxygen atoms in total. The van der Waals surface area contributed by atoms with Crippen LogP contribution in [0.4, 0.5) is 0 Å². The van der Waals surface area contributed by atoms with E-state index in [1.165, 1.54) is 17.7 Å². The van der Waals surface area contributed by atoms with Gasteiger partial charge >= 0.3 is 0 Å². The Morgan fingerprint density at radius 3 is 2.92 bits per heavy atom. The van der Waals surface area contributed by atoms with Crippen molar-refractivity contribution in [2.45, 2.75) is 44.6 Å². The van der Waals surface area contributed by atoms with Gasteiger partial charge in [-0.3, -0.25) is 4.90 Å². The van der Waals surface area contributed by atoms with Crippen LogP contribution in [-0.2, 0) is 19.4 Å². The van der Waals surface area contributed by atoms with Gasteiger partial charge < -0.3 is 4.42 Å². The minimum atomic E-state index is 0.424. The minimum absolute atomic E-state index is 0.424. The van der Waals surface area contributed by atoms with Gasteiger partial charge in [-0.1, -0.05) is 0 Å². The molecule has 5 rings (SSSR count). The first-order valence-corrected chi connectivity index (χ1v) is 8.71. The van der Waals surface area contributed by atoms with Gasteiger partial charge in [0.05, 0.1) is 18.4 Å². The molecule has 7 heteroatoms. The van der Waals surface area contributed by atoms with E-state index in [1.807, 2.05) is 4.52 Å². The molecule has 0 aromatic carbocycles. The summed E-state index contributed by atoms with van der Waals surface area (Å²) in [4.78, 5) is 6.59. The Labute approximate surface area is 139 Å². The normalized spacial score (nSPS) is 19.2. The van der Waals surface area contributed by atoms with E-state index in [4.69, 9.17) is 9.52 Å². The van der Waals surface area contributed by atoms with Crippen molar-refractivity contribution in [1.29, 1.82) is 0 Å². The zero-order valence-corrected chi connectivity index (χ0v) is 13.6. The van der Waals surface area contributed by atoms with E-state index in [1.54, 1.807) is 12.5 Å². The first-order chi connectivity index (χ1) is 11.9. The monoisotopic (exact) mass is 324 g/mol. The lowest BCUT2D eigenvalue weighted by molar-refractivity contribution is 0.184. The lowest BCUT2D eigenvalue weighted by Gasteiger charge is -2.29. The zero-order valence-electron chi connectivity index (χ0n) is 13.6. The van der Waals surface area contributed by atoms with Crippen LogP contribution in [0.5, 0.6) is 0 Å². The molecule has 0 amide bonds. The molecule has 0 saturated carbocycles. The van der Waals surface area contributed by atoms with Crippen molar-refractivity contribution in [2.75, 3.05) is 13.1 Å². The van der Waals surface area contributed by atoms with Crippen LogP contribution < -0.4 is 0 Å². The van der Waals surface area contributed by atoms with Gasteiger partial charge in [0.15, 0.2) is 11.5 Å². The van der Waals surface area contributed by atoms with E-state index < -0.39 is 0 Å². The Kier molecular flexibility index (Phi) is 3.33. The van der Waals surface area contributed by atoms with E-state index in [0.717, 1.165) is 62.7 Å². The molecule has 124 valence electrons. The third kappa shape index (κ3) is 2.39. The molecule has 1 saturated heterocycles. The van der Waals surface area contributed by atoms with Crippen molar-refractivity contribution >= 4 is 5.65 Å². The molecule has 0 atom stereocenters. The van der Waals surface area contributed by atoms with Crippen molar-refractivity contribution in [3.63, 3.8) is 0 Å². The molecule has 0 spiro atoms. The smallest absolute Gasteiger partial charge is 0.208 e. The Morgan fingerprint density at radius 1 is 1.17 bits per heavy atom. The topological polar surface area (TPSA) is 72.4 Å². The Bertz CT molecular complexity index is 847. The van der Waals surface area contributed by atoms with Crippen molar-refractivity contribution < 1.29 is 4.42 Å². The number of hydrogen-bond donors (Lipinski definition) is 0. The molecule has 4 heterocycles. The van der Waals surface area contributed by atoms with E-state index in [2.05, 4.69) is 26.1 Å². The van der Waals surface area contributed by atoms with Crippen LogP contribution in [0.3, 0.4) is 0 Å². The molecule has 1 aliphatic heterocycles. The number of fused-ring (bicyclic) bond motifs is 2. The van der Waals surface area contributed by atoms with Crippen LogP contribution in [0, 0.1) is 0 Å². The second-order valence-corrected chi connectivity index (χ2v) is 6.77. The van der Waals surface area contributed by atoms with E-state index in [-0.39, 0.29) is 0 Å². The number of hydrogen-bond acceptors (Lipinski definition) is 6. The number of oxazole rings is 1. The number of rotatable bonds is 3. The zero-order chi connectivity index (χ0) is 15.9. The SMILES string of the molecule is c1coc(CN2CCC(c3nnc4cc5c(nn34)CCC5)CC2)n1. The summed E-state index contributed by atoms with van der Waals surface area (Å²) in [5.41, 5.74) is 3.47. The lowest BCUT2D eigenvalue weighted by Crippen LogP contribution is -2.33. The summed E-state index contributed by atoms with van der Waals surface area (Å²) >= 11 is 0. The van der Waals surface area contributed by atoms with E-state index in [0.29, 0.717) is 5.92 Å². The maximum Gasteiger partial charge on any atom is 0.208 e. The van der Waals surface area contributed by atoms with Crippen LogP contribution in [0.15, 0.2) is 22.9 Å². The van der Waals surface area contributed by atoms with Crippen molar-refractivity contribution in [2.24, 2.45) is 0 Å². The molecule has 2 aliphatic rings. The summed E-state index contributed by atoms with van der Waals surface area (Å²) in [6.45, 7) is 2.83. The van der Waals surface area contributed by atoms with Crippen LogP contribution in [0.2, 0.25) is 0 Å². The van der Waals surface area contributed by atoms with E-state index in [9.17, 15) is 0 Å². The summed E-state index contributed by atoms with van der Waals surface area (Å²) in [5.74, 6) is 2.24. The Morgan fingerprint density at radius 2 is 2.08 bits per heavy atom. The Hall–Kier alpha value is -2.28. The van der Waals surface area contributed by atoms with Gasteiger partial charge in [-0.25, -0.2) is 4.98 Å². The maximum atomic E-state index is 5.35. The summed E-state index contributed by atoms with van der Waals surface area (Å²) in [5, 5.41) is 13.6. The highest BCUT2D eigenvalue weighted by Gasteiger charge is 2.26. The number of aromatic nitrogens is 5. The van der Waals surface area contributed by atoms with Gasteiger partial charge in [0.1, 0.15) is 6.26 Å². The number of likely N-dealkylation sites (tertiary alicyclic amines) is 1. The standard InChI is InChI=1S/C17H20N6O/c1-2-13-10-15-19-20-17(23(15)21-14(13)3-1)12-4-7-22(8-5-12)11-16-18-6-9-24-16/h6,9-10,12H,1-5,7-8,11H2. The molecule has 0 unspecified atom stereocenters. The molecular formula is C17H20N6O. The third-order valence-corrected chi connectivity index (χ3v) is 5.24. The second-order valence-electron chi connectivity index (χ2n) is 6.77. The van der Waals surface area contributed by atoms with Gasteiger partial charge in [-0.2, -0.15) is 9.61 Å². The van der Waals surface area contributed by atoms with Crippen molar-refractivity contribution in [3.05, 3.63) is 41.5 Å². The van der Waals surface area contributed by atoms with Crippen LogP contribution in [-0.4, -0.2) is 42.8 Å². The number of aryl methyl sites for hydroxylation is 2. The fraction of sp³-hybridized carbons (Fsp3) is 0.529. The average Bonchev–Trinajstić information content (AvgIpc) is 3.34. The van der Waals surface area contributed by atoms with E-state index >= 15 is 0 Å². The lowest BCUT2D eigenvalue weighted by atomic mass is 9.96. The molecule has 1 aliphatic carbocycles. The van der Waals surface area contributed by atoms with Gasteiger partial charge in [0.2, 0.25) is 5.89 Å². The molecule has 0 radical (unpaired) electrons. The summed E-state index contributed by atoms with van der Waals surface area (Å²) in [6.07, 6.45) is 8.89. The van der Waals surface area contributed by atoms with Crippen LogP contribution in [0.25, 0.3) is 5.65 Å². The largest absolute Gasteiger partial charge is 0.448 e. The second kappa shape index (κ2) is 5.66. The summed E-state index contributed by atoms with van der Waals surface area (Å²) in [6, 6.07) is 2.17. The van der Waals surface area contributed by atoms with Crippen molar-refractivity contribution in [3.8, 4) is 0 Å². The quantitative estimate of drug-likeness (QED) is 0.733. The summed E-state index contributed by atoms with van der Waals surface area (Å²) < 4.78 is 7.33. The number of nitrogens with zero attached hydrogens (tertiary/aromatic N) is 6. The molecule has 0 N–H and O–H groups in total. The van der Waals surface area contributed by atoms with Crippen molar-refractivity contribution in [1.82, 2.24) is 29.7 Å². The highest BCUT2D eigenvalue weighted by atomic mass is 16.3. The minimum Gasteiger partial charge on any atom is -0.448 e. The fourth-order valence-electron chi connectivity index (χ4n) is 3.92. The van der Waals surface area contributed by atoms with Gasteiger partial charge in [-0.15, -0.1) is 10.2 Å². The molecule has 1 fully saturated rings. The fourth-order valence-corrected chi connectivity index (χ4v) is 3.92. The molecular weight excluding hydrogens is 304 g/mol. The van der Waals surface area contributed by atoms with Gasteiger partial charge in [-0.05, 0) is 56.8 Å². The van der Waals surface area contributed by atoms with Gasteiger partial charge in [0.25, 0.3) is 0 Å². The number of piperidine rings is 1. The maximum absolute atomic E-state index is 5.35. The third-order valence-electron chi connectivity index (χ3n) is 5.24. The molecule has 3 aromatic rings. The predicted octanol–water partition coefficient (Wildman–Crippen LogP) is 1.98. The van der Waals surface area contributed by atoms with Crippen LogP contribution in [0.1, 0.15) is 48.2 Å². The highest BCUT2D eigenvalue weighted by molar-refractivity contribution is 5.43. The molecule has 0 bridgehead atoms. The molecule has 3 aromatic heterocycles. The summed E-state index contributed by atoms with van der Waals surface area (Å²) in [7, 11) is 0. The van der Waals surface area contributed by atoms with Crippen LogP contribution >= 0.6 is 0 Å². The first-order valence-electron chi connectivity index (χ1n) is 8.71. The van der Waals surface area contributed by atoms with Gasteiger partial charge in [0, 0.05) is 5.92 Å². The first kappa shape index (κ1) is 14.1. The Balaban J connectivity index is 1.34. The molecule has 24 heavy (non-hydrogen) atoms. The predicted molar refractivity (Wildman–Crippen MR) is 86.6 cm³/mol. The average molecular weight is 324 g/mol.